The lowest BCUT2D eigenvalue weighted by molar-refractivity contribution is -0.126. The van der Waals surface area contributed by atoms with E-state index >= 15 is 0 Å². The molecule has 1 N–H and O–H groups in total. The first-order valence-electron chi connectivity index (χ1n) is 8.97. The molecule has 1 saturated heterocycles. The summed E-state index contributed by atoms with van der Waals surface area (Å²) < 4.78 is 5.94. The van der Waals surface area contributed by atoms with E-state index < -0.39 is 0 Å². The summed E-state index contributed by atoms with van der Waals surface area (Å²) in [6, 6.07) is 11.8. The lowest BCUT2D eigenvalue weighted by Crippen LogP contribution is -2.39. The molecule has 2 aromatic rings. The maximum atomic E-state index is 12.5. The monoisotopic (exact) mass is 355 g/mol. The average Bonchev–Trinajstić information content (AvgIpc) is 3.01. The van der Waals surface area contributed by atoms with Crippen LogP contribution in [0.4, 0.5) is 4.79 Å². The normalized spacial score (nSPS) is 14.4. The standard InChI is InChI=1S/C20H25N3O3/c1-4-22-13-23(12-19(22)24)20(25)21-11-17-16-8-6-5-7-15(16)9-10-18(17)26-14(2)3/h5-10,14H,4,11-13H2,1-3H3,(H,21,25). The molecule has 1 aliphatic heterocycles. The van der Waals surface area contributed by atoms with E-state index in [0.29, 0.717) is 19.8 Å². The minimum atomic E-state index is -0.238. The van der Waals surface area contributed by atoms with Crippen LogP contribution in [0.25, 0.3) is 10.8 Å². The van der Waals surface area contributed by atoms with E-state index in [9.17, 15) is 9.59 Å². The maximum absolute atomic E-state index is 12.5. The third-order valence-corrected chi connectivity index (χ3v) is 4.47. The van der Waals surface area contributed by atoms with Crippen molar-refractivity contribution >= 4 is 22.7 Å². The van der Waals surface area contributed by atoms with Gasteiger partial charge in [-0.25, -0.2) is 4.79 Å². The van der Waals surface area contributed by atoms with Crippen LogP contribution in [0.3, 0.4) is 0 Å². The Morgan fingerprint density at radius 2 is 2.00 bits per heavy atom. The van der Waals surface area contributed by atoms with Crippen molar-refractivity contribution in [2.24, 2.45) is 0 Å². The Kier molecular flexibility index (Phi) is 5.30. The van der Waals surface area contributed by atoms with E-state index in [1.54, 1.807) is 4.90 Å². The number of rotatable bonds is 5. The van der Waals surface area contributed by atoms with Crippen LogP contribution in [0.1, 0.15) is 26.3 Å². The molecule has 26 heavy (non-hydrogen) atoms. The second-order valence-electron chi connectivity index (χ2n) is 6.68. The predicted octanol–water partition coefficient (Wildman–Crippen LogP) is 2.96. The number of nitrogens with zero attached hydrogens (tertiary/aromatic N) is 2. The fourth-order valence-electron chi connectivity index (χ4n) is 3.15. The topological polar surface area (TPSA) is 61.9 Å². The molecule has 138 valence electrons. The fraction of sp³-hybridized carbons (Fsp3) is 0.400. The molecule has 0 radical (unpaired) electrons. The second-order valence-corrected chi connectivity index (χ2v) is 6.68. The molecule has 3 rings (SSSR count). The quantitative estimate of drug-likeness (QED) is 0.897. The van der Waals surface area contributed by atoms with E-state index in [1.807, 2.05) is 57.2 Å². The summed E-state index contributed by atoms with van der Waals surface area (Å²) in [6.07, 6.45) is 0.0416. The second kappa shape index (κ2) is 7.64. The number of hydrogen-bond donors (Lipinski definition) is 1. The number of fused-ring (bicyclic) bond motifs is 1. The Morgan fingerprint density at radius 3 is 2.69 bits per heavy atom. The van der Waals surface area contributed by atoms with Gasteiger partial charge in [0.2, 0.25) is 5.91 Å². The number of amides is 3. The molecule has 1 aliphatic rings. The maximum Gasteiger partial charge on any atom is 0.319 e. The largest absolute Gasteiger partial charge is 0.491 e. The van der Waals surface area contributed by atoms with Crippen molar-refractivity contribution < 1.29 is 14.3 Å². The molecular weight excluding hydrogens is 330 g/mol. The SMILES string of the molecule is CCN1CN(C(=O)NCc2c(OC(C)C)ccc3ccccc23)CC1=O. The van der Waals surface area contributed by atoms with Crippen LogP contribution >= 0.6 is 0 Å². The zero-order chi connectivity index (χ0) is 18.7. The highest BCUT2D eigenvalue weighted by atomic mass is 16.5. The third-order valence-electron chi connectivity index (χ3n) is 4.47. The Hall–Kier alpha value is -2.76. The van der Waals surface area contributed by atoms with Crippen LogP contribution in [-0.2, 0) is 11.3 Å². The van der Waals surface area contributed by atoms with Crippen molar-refractivity contribution in [3.63, 3.8) is 0 Å². The van der Waals surface area contributed by atoms with Crippen LogP contribution in [0, 0.1) is 0 Å². The van der Waals surface area contributed by atoms with Gasteiger partial charge in [-0.2, -0.15) is 0 Å². The number of carbonyl (C=O) groups excluding carboxylic acids is 2. The lowest BCUT2D eigenvalue weighted by atomic mass is 10.0. The Bertz CT molecular complexity index is 819. The molecule has 1 heterocycles. The summed E-state index contributed by atoms with van der Waals surface area (Å²) in [6.45, 7) is 7.29. The van der Waals surface area contributed by atoms with Gasteiger partial charge in [0.1, 0.15) is 12.3 Å². The molecule has 0 aliphatic carbocycles. The number of nitrogens with one attached hydrogen (secondary N) is 1. The predicted molar refractivity (Wildman–Crippen MR) is 101 cm³/mol. The highest BCUT2D eigenvalue weighted by molar-refractivity contribution is 5.89. The molecule has 2 aromatic carbocycles. The Morgan fingerprint density at radius 1 is 1.23 bits per heavy atom. The first-order valence-corrected chi connectivity index (χ1v) is 8.97. The molecule has 6 nitrogen and oxygen atoms in total. The summed E-state index contributed by atoms with van der Waals surface area (Å²) in [5.74, 6) is 0.753. The van der Waals surface area contributed by atoms with Crippen molar-refractivity contribution in [3.05, 3.63) is 42.0 Å². The van der Waals surface area contributed by atoms with E-state index in [1.165, 1.54) is 4.90 Å². The molecule has 1 fully saturated rings. The van der Waals surface area contributed by atoms with E-state index in [0.717, 1.165) is 22.1 Å². The van der Waals surface area contributed by atoms with E-state index in [-0.39, 0.29) is 24.6 Å². The molecule has 0 saturated carbocycles. The van der Waals surface area contributed by atoms with Gasteiger partial charge in [0, 0.05) is 18.7 Å². The third kappa shape index (κ3) is 3.74. The fourth-order valence-corrected chi connectivity index (χ4v) is 3.15. The number of benzene rings is 2. The number of hydrogen-bond acceptors (Lipinski definition) is 3. The summed E-state index contributed by atoms with van der Waals surface area (Å²) in [5, 5.41) is 5.09. The Labute approximate surface area is 153 Å². The molecular formula is C20H25N3O3. The van der Waals surface area contributed by atoms with Gasteiger partial charge in [0.15, 0.2) is 0 Å². The summed E-state index contributed by atoms with van der Waals surface area (Å²) in [4.78, 5) is 27.5. The van der Waals surface area contributed by atoms with Crippen LogP contribution in [0.5, 0.6) is 5.75 Å². The van der Waals surface area contributed by atoms with Gasteiger partial charge in [-0.3, -0.25) is 9.69 Å². The zero-order valence-corrected chi connectivity index (χ0v) is 15.5. The van der Waals surface area contributed by atoms with Crippen molar-refractivity contribution in [1.29, 1.82) is 0 Å². The van der Waals surface area contributed by atoms with Gasteiger partial charge in [-0.1, -0.05) is 30.3 Å². The molecule has 0 unspecified atom stereocenters. The van der Waals surface area contributed by atoms with Gasteiger partial charge in [-0.05, 0) is 37.6 Å². The molecule has 3 amide bonds. The highest BCUT2D eigenvalue weighted by Gasteiger charge is 2.29. The van der Waals surface area contributed by atoms with Gasteiger partial charge < -0.3 is 15.0 Å². The van der Waals surface area contributed by atoms with Crippen molar-refractivity contribution in [1.82, 2.24) is 15.1 Å². The van der Waals surface area contributed by atoms with E-state index in [2.05, 4.69) is 5.32 Å². The zero-order valence-electron chi connectivity index (χ0n) is 15.5. The number of urea groups is 1. The van der Waals surface area contributed by atoms with Crippen LogP contribution in [0.2, 0.25) is 0 Å². The number of ether oxygens (including phenoxy) is 1. The lowest BCUT2D eigenvalue weighted by Gasteiger charge is -2.20. The smallest absolute Gasteiger partial charge is 0.319 e. The highest BCUT2D eigenvalue weighted by Crippen LogP contribution is 2.29. The minimum Gasteiger partial charge on any atom is -0.491 e. The first kappa shape index (κ1) is 18.0. The number of carbonyl (C=O) groups is 2. The molecule has 0 aromatic heterocycles. The van der Waals surface area contributed by atoms with Crippen LogP contribution in [-0.4, -0.2) is 47.6 Å². The van der Waals surface area contributed by atoms with Gasteiger partial charge in [0.25, 0.3) is 0 Å². The molecule has 0 spiro atoms. The Balaban J connectivity index is 1.79. The molecule has 6 heteroatoms. The number of likely N-dealkylation sites (N-methyl/N-ethyl adjacent to an activating group) is 1. The van der Waals surface area contributed by atoms with Crippen LogP contribution in [0.15, 0.2) is 36.4 Å². The van der Waals surface area contributed by atoms with Gasteiger partial charge in [0.05, 0.1) is 12.8 Å². The van der Waals surface area contributed by atoms with Crippen molar-refractivity contribution in [2.75, 3.05) is 19.8 Å². The van der Waals surface area contributed by atoms with Gasteiger partial charge in [-0.15, -0.1) is 0 Å². The van der Waals surface area contributed by atoms with Crippen molar-refractivity contribution in [3.8, 4) is 5.75 Å². The van der Waals surface area contributed by atoms with Crippen LogP contribution < -0.4 is 10.1 Å². The average molecular weight is 355 g/mol. The van der Waals surface area contributed by atoms with Gasteiger partial charge >= 0.3 is 6.03 Å². The summed E-state index contributed by atoms with van der Waals surface area (Å²) >= 11 is 0. The molecule has 0 atom stereocenters. The summed E-state index contributed by atoms with van der Waals surface area (Å²) in [7, 11) is 0. The molecule has 0 bridgehead atoms. The summed E-state index contributed by atoms with van der Waals surface area (Å²) in [5.41, 5.74) is 0.947. The first-order chi connectivity index (χ1) is 12.5. The van der Waals surface area contributed by atoms with E-state index in [4.69, 9.17) is 4.74 Å². The minimum absolute atomic E-state index is 0.0170. The van der Waals surface area contributed by atoms with Crippen molar-refractivity contribution in [2.45, 2.75) is 33.4 Å².